The smallest absolute Gasteiger partial charge is 0.187 e. The highest BCUT2D eigenvalue weighted by Crippen LogP contribution is 2.76. The first-order valence-electron chi connectivity index (χ1n) is 28.3. The molecule has 4 saturated heterocycles. The monoisotopic (exact) mass is 1120 g/mol. The van der Waals surface area contributed by atoms with Crippen molar-refractivity contribution >= 4 is 0 Å². The molecule has 0 spiro atoms. The molecule has 23 nitrogen and oxygen atoms in total. The number of hydrogen-bond acceptors (Lipinski definition) is 23. The lowest BCUT2D eigenvalue weighted by atomic mass is 9.35. The van der Waals surface area contributed by atoms with Gasteiger partial charge in [-0.3, -0.25) is 0 Å². The standard InChI is InChI=1S/C55H94O23/c1-24(2)10-9-14-52(5,23-72-48-44(69)41(66)38(63)30(76-48)22-71-47-43(68)39(64)35(60)27(19-56)73-47)25-11-16-55(8)34(25)26(59)18-32-53(6)15-13-33(51(3,4)31(53)12-17-54(32,55)7)77-50-46(42(67)37(62)29(21-58)75-50)78-49-45(70)40(65)36(61)28(20-57)74-49/h10,25-50,56-70H,9,11-23H2,1-8H3/t25?,26?,27?,28?,29?,30?,31?,32?,33?,34?,35-,36-,37-,38-,39-,40-,41-,42-,43?,44?,45?,46?,47-,48-,49+,50+,52-,53+,54-,55+/m1/s1. The highest BCUT2D eigenvalue weighted by atomic mass is 16.8. The maximum Gasteiger partial charge on any atom is 0.187 e. The van der Waals surface area contributed by atoms with Gasteiger partial charge in [0.25, 0.3) is 0 Å². The number of aliphatic hydroxyl groups excluding tert-OH is 15. The summed E-state index contributed by atoms with van der Waals surface area (Å²) < 4.78 is 48.3. The van der Waals surface area contributed by atoms with E-state index >= 15 is 0 Å². The Morgan fingerprint density at radius 1 is 0.538 bits per heavy atom. The fourth-order valence-electron chi connectivity index (χ4n) is 16.5. The first-order valence-corrected chi connectivity index (χ1v) is 28.3. The molecule has 8 fully saturated rings. The van der Waals surface area contributed by atoms with Crippen LogP contribution in [0.15, 0.2) is 11.6 Å². The predicted octanol–water partition coefficient (Wildman–Crippen LogP) is -1.95. The molecular formula is C55H94O23. The van der Waals surface area contributed by atoms with Gasteiger partial charge >= 0.3 is 0 Å². The van der Waals surface area contributed by atoms with Crippen LogP contribution >= 0.6 is 0 Å². The summed E-state index contributed by atoms with van der Waals surface area (Å²) in [5.74, 6) is -0.0638. The summed E-state index contributed by atoms with van der Waals surface area (Å²) in [7, 11) is 0. The molecule has 15 N–H and O–H groups in total. The van der Waals surface area contributed by atoms with Gasteiger partial charge in [-0.25, -0.2) is 0 Å². The number of fused-ring (bicyclic) bond motifs is 5. The van der Waals surface area contributed by atoms with Crippen LogP contribution in [0.25, 0.3) is 0 Å². The predicted molar refractivity (Wildman–Crippen MR) is 271 cm³/mol. The van der Waals surface area contributed by atoms with Crippen molar-refractivity contribution in [2.45, 2.75) is 248 Å². The van der Waals surface area contributed by atoms with E-state index in [1.54, 1.807) is 0 Å². The largest absolute Gasteiger partial charge is 0.394 e. The summed E-state index contributed by atoms with van der Waals surface area (Å²) in [5.41, 5.74) is -0.870. The van der Waals surface area contributed by atoms with Gasteiger partial charge in [-0.05, 0) is 122 Å². The summed E-state index contributed by atoms with van der Waals surface area (Å²) in [5, 5.41) is 161. The highest BCUT2D eigenvalue weighted by molar-refractivity contribution is 5.20. The third kappa shape index (κ3) is 11.1. The van der Waals surface area contributed by atoms with E-state index < -0.39 is 172 Å². The maximum absolute atomic E-state index is 12.8. The minimum atomic E-state index is -1.81. The second-order valence-corrected chi connectivity index (χ2v) is 26.3. The third-order valence-corrected chi connectivity index (χ3v) is 21.3. The van der Waals surface area contributed by atoms with Gasteiger partial charge in [0.1, 0.15) is 97.7 Å². The zero-order valence-electron chi connectivity index (χ0n) is 46.5. The third-order valence-electron chi connectivity index (χ3n) is 21.3. The van der Waals surface area contributed by atoms with Gasteiger partial charge in [0, 0.05) is 0 Å². The molecule has 8 aliphatic rings. The number of ether oxygens (including phenoxy) is 8. The molecule has 4 heterocycles. The molecule has 0 radical (unpaired) electrons. The van der Waals surface area contributed by atoms with Crippen molar-refractivity contribution in [1.29, 1.82) is 0 Å². The summed E-state index contributed by atoms with van der Waals surface area (Å²) in [6, 6.07) is 0. The summed E-state index contributed by atoms with van der Waals surface area (Å²) in [6.07, 6.45) is -24.0. The molecule has 4 aliphatic heterocycles. The fraction of sp³-hybridized carbons (Fsp3) is 0.964. The molecule has 0 aromatic rings. The van der Waals surface area contributed by atoms with E-state index in [9.17, 15) is 76.6 Å². The van der Waals surface area contributed by atoms with E-state index in [4.69, 9.17) is 37.9 Å². The molecule has 78 heavy (non-hydrogen) atoms. The molecule has 452 valence electrons. The number of rotatable bonds is 17. The van der Waals surface area contributed by atoms with Gasteiger partial charge in [0.05, 0.1) is 45.2 Å². The minimum Gasteiger partial charge on any atom is -0.394 e. The van der Waals surface area contributed by atoms with E-state index in [1.807, 2.05) is 13.8 Å². The summed E-state index contributed by atoms with van der Waals surface area (Å²) >= 11 is 0. The van der Waals surface area contributed by atoms with Crippen LogP contribution in [0, 0.1) is 50.7 Å². The summed E-state index contributed by atoms with van der Waals surface area (Å²) in [4.78, 5) is 0. The average Bonchev–Trinajstić information content (AvgIpc) is 3.88. The Morgan fingerprint density at radius 2 is 1.04 bits per heavy atom. The first kappa shape index (κ1) is 62.9. The number of allylic oxidation sites excluding steroid dienone is 2. The number of hydrogen-bond donors (Lipinski definition) is 15. The Kier molecular flexibility index (Phi) is 19.4. The Balaban J connectivity index is 0.987. The molecular weight excluding hydrogens is 1030 g/mol. The minimum absolute atomic E-state index is 0.0567. The molecule has 23 heteroatoms. The van der Waals surface area contributed by atoms with Crippen LogP contribution in [-0.4, -0.2) is 245 Å². The van der Waals surface area contributed by atoms with Crippen molar-refractivity contribution < 1.29 is 114 Å². The molecule has 0 aromatic carbocycles. The molecule has 30 atom stereocenters. The van der Waals surface area contributed by atoms with E-state index in [0.717, 1.165) is 31.3 Å². The van der Waals surface area contributed by atoms with Gasteiger partial charge in [-0.1, -0.05) is 53.2 Å². The van der Waals surface area contributed by atoms with Crippen molar-refractivity contribution in [2.75, 3.05) is 33.0 Å². The van der Waals surface area contributed by atoms with Crippen molar-refractivity contribution in [3.8, 4) is 0 Å². The molecule has 4 aliphatic carbocycles. The number of aliphatic hydroxyl groups is 15. The molecule has 0 aromatic heterocycles. The van der Waals surface area contributed by atoms with Crippen LogP contribution in [0.4, 0.5) is 0 Å². The second-order valence-electron chi connectivity index (χ2n) is 26.3. The van der Waals surface area contributed by atoms with Gasteiger partial charge in [0.15, 0.2) is 25.2 Å². The SMILES string of the molecule is CC(C)=CCC[C@](C)(CO[C@@H]1OC(CO[C@@H]2OC(CO)[C@@H](O)[C@@H](O)C2O)[C@@H](O)[C@@H](O)C1O)C1CC[C@@]2(C)C1C(O)CC1[C@@]3(C)CCC(O[C@@H]4OC(CO)[C@@H](O)[C@@H](O)C4O[C@@H]4OC(CO)[C@@H](O)[C@@H](O)C4O)C(C)(C)C3CC[C@]12C. The van der Waals surface area contributed by atoms with Crippen molar-refractivity contribution in [3.63, 3.8) is 0 Å². The van der Waals surface area contributed by atoms with E-state index in [0.29, 0.717) is 32.1 Å². The lowest BCUT2D eigenvalue weighted by Gasteiger charge is -2.71. The van der Waals surface area contributed by atoms with E-state index in [1.165, 1.54) is 0 Å². The van der Waals surface area contributed by atoms with Gasteiger partial charge < -0.3 is 114 Å². The Hall–Kier alpha value is -1.18. The topological polar surface area (TPSA) is 377 Å². The molecule has 4 saturated carbocycles. The molecule has 0 amide bonds. The maximum atomic E-state index is 12.8. The molecule has 8 rings (SSSR count). The normalized spacial score (nSPS) is 52.1. The van der Waals surface area contributed by atoms with Crippen LogP contribution < -0.4 is 0 Å². The van der Waals surface area contributed by atoms with Crippen LogP contribution in [0.3, 0.4) is 0 Å². The van der Waals surface area contributed by atoms with E-state index in [-0.39, 0.29) is 46.5 Å². The summed E-state index contributed by atoms with van der Waals surface area (Å²) in [6.45, 7) is 15.1. The Bertz CT molecular complexity index is 2010. The zero-order valence-corrected chi connectivity index (χ0v) is 46.5. The molecule has 0 bridgehead atoms. The highest BCUT2D eigenvalue weighted by Gasteiger charge is 2.72. The van der Waals surface area contributed by atoms with Crippen LogP contribution in [-0.2, 0) is 37.9 Å². The zero-order chi connectivity index (χ0) is 57.4. The van der Waals surface area contributed by atoms with E-state index in [2.05, 4.69) is 47.6 Å². The lowest BCUT2D eigenvalue weighted by molar-refractivity contribution is -0.378. The van der Waals surface area contributed by atoms with Crippen molar-refractivity contribution in [3.05, 3.63) is 11.6 Å². The average molecular weight is 1120 g/mol. The van der Waals surface area contributed by atoms with Crippen molar-refractivity contribution in [1.82, 2.24) is 0 Å². The second kappa shape index (κ2) is 24.1. The molecule has 14 unspecified atom stereocenters. The quantitative estimate of drug-likeness (QED) is 0.0556. The van der Waals surface area contributed by atoms with Crippen LogP contribution in [0.1, 0.15) is 113 Å². The van der Waals surface area contributed by atoms with Crippen LogP contribution in [0.5, 0.6) is 0 Å². The van der Waals surface area contributed by atoms with Gasteiger partial charge in [-0.2, -0.15) is 0 Å². The Labute approximate surface area is 457 Å². The lowest BCUT2D eigenvalue weighted by Crippen LogP contribution is -2.67. The van der Waals surface area contributed by atoms with Gasteiger partial charge in [-0.15, -0.1) is 0 Å². The Morgan fingerprint density at radius 3 is 1.62 bits per heavy atom. The van der Waals surface area contributed by atoms with Crippen molar-refractivity contribution in [2.24, 2.45) is 50.7 Å². The first-order chi connectivity index (χ1) is 36.5. The van der Waals surface area contributed by atoms with Gasteiger partial charge in [0.2, 0.25) is 0 Å². The van der Waals surface area contributed by atoms with Crippen LogP contribution in [0.2, 0.25) is 0 Å². The fourth-order valence-corrected chi connectivity index (χ4v) is 16.5.